The first-order chi connectivity index (χ1) is 11.1. The van der Waals surface area contributed by atoms with Crippen LogP contribution in [-0.2, 0) is 11.3 Å². The van der Waals surface area contributed by atoms with Crippen LogP contribution < -0.4 is 5.32 Å². The standard InChI is InChI=1S/C17H19ClN2OS2/c1-3-10-20(11-13-8-9-16(18)23-13)12-17(21)19-14-6-4-5-7-15(14)22-2/h3-9H,1,10-12H2,2H3,(H,19,21). The van der Waals surface area contributed by atoms with Gasteiger partial charge in [0.05, 0.1) is 16.6 Å². The summed E-state index contributed by atoms with van der Waals surface area (Å²) in [5.41, 5.74) is 0.850. The molecule has 1 N–H and O–H groups in total. The fourth-order valence-electron chi connectivity index (χ4n) is 2.17. The zero-order valence-electron chi connectivity index (χ0n) is 12.9. The van der Waals surface area contributed by atoms with Gasteiger partial charge in [-0.3, -0.25) is 9.69 Å². The zero-order chi connectivity index (χ0) is 16.7. The number of nitrogens with one attached hydrogen (secondary N) is 1. The van der Waals surface area contributed by atoms with Gasteiger partial charge in [-0.25, -0.2) is 0 Å². The van der Waals surface area contributed by atoms with Crippen LogP contribution in [-0.4, -0.2) is 30.2 Å². The number of para-hydroxylation sites is 1. The first-order valence-electron chi connectivity index (χ1n) is 7.12. The van der Waals surface area contributed by atoms with Gasteiger partial charge in [-0.1, -0.05) is 29.8 Å². The van der Waals surface area contributed by atoms with Gasteiger partial charge in [0.25, 0.3) is 0 Å². The van der Waals surface area contributed by atoms with E-state index in [9.17, 15) is 4.79 Å². The van der Waals surface area contributed by atoms with Crippen molar-refractivity contribution in [2.24, 2.45) is 0 Å². The van der Waals surface area contributed by atoms with E-state index < -0.39 is 0 Å². The first-order valence-corrected chi connectivity index (χ1v) is 9.54. The number of thioether (sulfide) groups is 1. The van der Waals surface area contributed by atoms with E-state index in [2.05, 4.69) is 11.9 Å². The second-order valence-electron chi connectivity index (χ2n) is 4.91. The van der Waals surface area contributed by atoms with Gasteiger partial charge in [-0.05, 0) is 30.5 Å². The topological polar surface area (TPSA) is 32.3 Å². The molecular formula is C17H19ClN2OS2. The van der Waals surface area contributed by atoms with Crippen LogP contribution in [0.3, 0.4) is 0 Å². The van der Waals surface area contributed by atoms with Gasteiger partial charge in [0.15, 0.2) is 0 Å². The van der Waals surface area contributed by atoms with Crippen LogP contribution in [0.5, 0.6) is 0 Å². The van der Waals surface area contributed by atoms with Gasteiger partial charge in [-0.2, -0.15) is 0 Å². The highest BCUT2D eigenvalue weighted by molar-refractivity contribution is 7.98. The Morgan fingerprint density at radius 2 is 2.17 bits per heavy atom. The number of nitrogens with zero attached hydrogens (tertiary/aromatic N) is 1. The molecule has 0 spiro atoms. The lowest BCUT2D eigenvalue weighted by atomic mass is 10.3. The number of amides is 1. The molecule has 0 saturated heterocycles. The number of rotatable bonds is 8. The molecule has 0 unspecified atom stereocenters. The highest BCUT2D eigenvalue weighted by Crippen LogP contribution is 2.25. The van der Waals surface area contributed by atoms with E-state index in [0.717, 1.165) is 19.8 Å². The Kier molecular flexibility index (Phi) is 7.17. The summed E-state index contributed by atoms with van der Waals surface area (Å²) < 4.78 is 0.761. The maximum absolute atomic E-state index is 12.3. The third kappa shape index (κ3) is 5.70. The highest BCUT2D eigenvalue weighted by atomic mass is 35.5. The van der Waals surface area contributed by atoms with Gasteiger partial charge in [0.2, 0.25) is 5.91 Å². The minimum absolute atomic E-state index is 0.0315. The van der Waals surface area contributed by atoms with Crippen molar-refractivity contribution in [2.45, 2.75) is 11.4 Å². The monoisotopic (exact) mass is 366 g/mol. The fourth-order valence-corrected chi connectivity index (χ4v) is 3.85. The first kappa shape index (κ1) is 18.1. The summed E-state index contributed by atoms with van der Waals surface area (Å²) in [5.74, 6) is -0.0315. The van der Waals surface area contributed by atoms with E-state index in [1.807, 2.05) is 47.6 Å². The average Bonchev–Trinajstić information content (AvgIpc) is 2.93. The Labute approximate surface area is 150 Å². The van der Waals surface area contributed by atoms with E-state index in [1.165, 1.54) is 11.3 Å². The van der Waals surface area contributed by atoms with Crippen molar-refractivity contribution < 1.29 is 4.79 Å². The smallest absolute Gasteiger partial charge is 0.238 e. The van der Waals surface area contributed by atoms with Crippen LogP contribution >= 0.6 is 34.7 Å². The number of hydrogen-bond donors (Lipinski definition) is 1. The lowest BCUT2D eigenvalue weighted by Gasteiger charge is -2.19. The molecule has 0 aliphatic heterocycles. The predicted molar refractivity (Wildman–Crippen MR) is 102 cm³/mol. The number of carbonyl (C=O) groups is 1. The Hall–Kier alpha value is -1.27. The molecule has 0 radical (unpaired) electrons. The third-order valence-electron chi connectivity index (χ3n) is 3.14. The molecule has 1 aromatic carbocycles. The molecule has 2 aromatic rings. The molecule has 0 atom stereocenters. The summed E-state index contributed by atoms with van der Waals surface area (Å²) in [5, 5.41) is 2.98. The molecule has 2 rings (SSSR count). The van der Waals surface area contributed by atoms with E-state index >= 15 is 0 Å². The van der Waals surface area contributed by atoms with Gasteiger partial charge in [-0.15, -0.1) is 29.7 Å². The number of anilines is 1. The lowest BCUT2D eigenvalue weighted by molar-refractivity contribution is -0.117. The molecule has 0 fully saturated rings. The van der Waals surface area contributed by atoms with Gasteiger partial charge < -0.3 is 5.32 Å². The Balaban J connectivity index is 1.98. The van der Waals surface area contributed by atoms with Crippen LogP contribution in [0.4, 0.5) is 5.69 Å². The average molecular weight is 367 g/mol. The molecule has 6 heteroatoms. The molecule has 3 nitrogen and oxygen atoms in total. The van der Waals surface area contributed by atoms with Crippen LogP contribution in [0, 0.1) is 0 Å². The Bertz CT molecular complexity index is 672. The van der Waals surface area contributed by atoms with Crippen molar-refractivity contribution in [3.05, 3.63) is 58.3 Å². The van der Waals surface area contributed by atoms with E-state index in [1.54, 1.807) is 17.8 Å². The number of carbonyl (C=O) groups excluding carboxylic acids is 1. The molecule has 23 heavy (non-hydrogen) atoms. The third-order valence-corrected chi connectivity index (χ3v) is 5.16. The molecule has 1 aromatic heterocycles. The molecule has 1 heterocycles. The summed E-state index contributed by atoms with van der Waals surface area (Å²) in [7, 11) is 0. The van der Waals surface area contributed by atoms with E-state index in [-0.39, 0.29) is 5.91 Å². The van der Waals surface area contributed by atoms with Crippen LogP contribution in [0.1, 0.15) is 4.88 Å². The Morgan fingerprint density at radius 3 is 2.83 bits per heavy atom. The van der Waals surface area contributed by atoms with Crippen molar-refractivity contribution >= 4 is 46.3 Å². The fraction of sp³-hybridized carbons (Fsp3) is 0.235. The molecule has 0 aliphatic carbocycles. The highest BCUT2D eigenvalue weighted by Gasteiger charge is 2.13. The lowest BCUT2D eigenvalue weighted by Crippen LogP contribution is -2.32. The number of benzene rings is 1. The summed E-state index contributed by atoms with van der Waals surface area (Å²) in [6.45, 7) is 5.40. The SMILES string of the molecule is C=CCN(CC(=O)Nc1ccccc1SC)Cc1ccc(Cl)s1. The Morgan fingerprint density at radius 1 is 1.39 bits per heavy atom. The van der Waals surface area contributed by atoms with E-state index in [0.29, 0.717) is 19.6 Å². The minimum Gasteiger partial charge on any atom is -0.324 e. The second kappa shape index (κ2) is 9.13. The van der Waals surface area contributed by atoms with Crippen LogP contribution in [0.25, 0.3) is 0 Å². The quantitative estimate of drug-likeness (QED) is 0.540. The van der Waals surface area contributed by atoms with Crippen molar-refractivity contribution in [3.8, 4) is 0 Å². The van der Waals surface area contributed by atoms with E-state index in [4.69, 9.17) is 11.6 Å². The molecule has 122 valence electrons. The summed E-state index contributed by atoms with van der Waals surface area (Å²) in [6.07, 6.45) is 3.80. The maximum atomic E-state index is 12.3. The van der Waals surface area contributed by atoms with Gasteiger partial charge >= 0.3 is 0 Å². The second-order valence-corrected chi connectivity index (χ2v) is 7.56. The van der Waals surface area contributed by atoms with Crippen molar-refractivity contribution in [3.63, 3.8) is 0 Å². The van der Waals surface area contributed by atoms with Crippen molar-refractivity contribution in [2.75, 3.05) is 24.7 Å². The van der Waals surface area contributed by atoms with Crippen molar-refractivity contribution in [1.82, 2.24) is 4.90 Å². The molecule has 0 bridgehead atoms. The number of halogens is 1. The van der Waals surface area contributed by atoms with Gasteiger partial charge in [0, 0.05) is 22.9 Å². The predicted octanol–water partition coefficient (Wildman–Crippen LogP) is 4.75. The summed E-state index contributed by atoms with van der Waals surface area (Å²) in [4.78, 5) is 16.6. The van der Waals surface area contributed by atoms with Crippen LogP contribution in [0.2, 0.25) is 4.34 Å². The normalized spacial score (nSPS) is 10.7. The summed E-state index contributed by atoms with van der Waals surface area (Å²) >= 11 is 9.11. The largest absolute Gasteiger partial charge is 0.324 e. The van der Waals surface area contributed by atoms with Crippen molar-refractivity contribution in [1.29, 1.82) is 0 Å². The maximum Gasteiger partial charge on any atom is 0.238 e. The number of hydrogen-bond acceptors (Lipinski definition) is 4. The van der Waals surface area contributed by atoms with Gasteiger partial charge in [0.1, 0.15) is 0 Å². The van der Waals surface area contributed by atoms with Crippen LogP contribution in [0.15, 0.2) is 53.9 Å². The minimum atomic E-state index is -0.0315. The number of thiophene rings is 1. The zero-order valence-corrected chi connectivity index (χ0v) is 15.3. The molecule has 0 saturated carbocycles. The summed E-state index contributed by atoms with van der Waals surface area (Å²) in [6, 6.07) is 11.7. The molecular weight excluding hydrogens is 348 g/mol. The molecule has 1 amide bonds. The molecule has 0 aliphatic rings.